The predicted octanol–water partition coefficient (Wildman–Crippen LogP) is 3.57. The van der Waals surface area contributed by atoms with Crippen LogP contribution >= 0.6 is 11.8 Å². The second-order valence-electron chi connectivity index (χ2n) is 7.25. The van der Waals surface area contributed by atoms with Crippen LogP contribution in [0.4, 0.5) is 0 Å². The van der Waals surface area contributed by atoms with Gasteiger partial charge in [-0.05, 0) is 48.7 Å². The van der Waals surface area contributed by atoms with Gasteiger partial charge in [-0.2, -0.15) is 0 Å². The van der Waals surface area contributed by atoms with Gasteiger partial charge in [0.25, 0.3) is 0 Å². The average molecular weight is 404 g/mol. The Morgan fingerprint density at radius 1 is 1.10 bits per heavy atom. The maximum absolute atomic E-state index is 12.3. The van der Waals surface area contributed by atoms with E-state index in [-0.39, 0.29) is 5.91 Å². The van der Waals surface area contributed by atoms with Crippen molar-refractivity contribution in [3.8, 4) is 0 Å². The molecular formula is C22H20N4O2S. The van der Waals surface area contributed by atoms with Crippen molar-refractivity contribution in [3.05, 3.63) is 66.6 Å². The Bertz CT molecular complexity index is 1210. The number of hydrogen-bond acceptors (Lipinski definition) is 5. The SMILES string of the molecule is NC(=O)C1(c2cccc(Sc3ccc4ncc5nccn5c4c3)c2)CCOCC1. The van der Waals surface area contributed by atoms with E-state index >= 15 is 0 Å². The zero-order valence-electron chi connectivity index (χ0n) is 15.7. The Balaban J connectivity index is 1.51. The summed E-state index contributed by atoms with van der Waals surface area (Å²) in [6.07, 6.45) is 6.73. The predicted molar refractivity (Wildman–Crippen MR) is 112 cm³/mol. The van der Waals surface area contributed by atoms with E-state index < -0.39 is 5.41 Å². The fourth-order valence-corrected chi connectivity index (χ4v) is 4.91. The molecule has 7 heteroatoms. The van der Waals surface area contributed by atoms with Gasteiger partial charge < -0.3 is 10.5 Å². The quantitative estimate of drug-likeness (QED) is 0.562. The molecule has 0 aliphatic carbocycles. The van der Waals surface area contributed by atoms with Crippen molar-refractivity contribution in [2.24, 2.45) is 5.73 Å². The molecule has 1 aliphatic heterocycles. The number of ether oxygens (including phenoxy) is 1. The summed E-state index contributed by atoms with van der Waals surface area (Å²) in [7, 11) is 0. The summed E-state index contributed by atoms with van der Waals surface area (Å²) in [6.45, 7) is 1.11. The van der Waals surface area contributed by atoms with Crippen molar-refractivity contribution in [2.75, 3.05) is 13.2 Å². The summed E-state index contributed by atoms with van der Waals surface area (Å²) in [5.74, 6) is -0.276. The van der Waals surface area contributed by atoms with Gasteiger partial charge in [-0.3, -0.25) is 14.2 Å². The van der Waals surface area contributed by atoms with Crippen LogP contribution in [0, 0.1) is 0 Å². The van der Waals surface area contributed by atoms with Crippen LogP contribution in [0.3, 0.4) is 0 Å². The molecule has 29 heavy (non-hydrogen) atoms. The number of aromatic nitrogens is 3. The second-order valence-corrected chi connectivity index (χ2v) is 8.40. The first-order valence-electron chi connectivity index (χ1n) is 9.54. The molecule has 2 aromatic carbocycles. The van der Waals surface area contributed by atoms with Crippen LogP contribution in [0.5, 0.6) is 0 Å². The number of amides is 1. The van der Waals surface area contributed by atoms with Crippen LogP contribution < -0.4 is 5.73 Å². The molecule has 1 aliphatic rings. The van der Waals surface area contributed by atoms with Crippen LogP contribution in [-0.4, -0.2) is 33.5 Å². The third-order valence-electron chi connectivity index (χ3n) is 5.64. The third-order valence-corrected chi connectivity index (χ3v) is 6.61. The third kappa shape index (κ3) is 3.16. The molecule has 5 rings (SSSR count). The van der Waals surface area contributed by atoms with E-state index in [0.29, 0.717) is 26.1 Å². The van der Waals surface area contributed by atoms with Gasteiger partial charge in [-0.1, -0.05) is 23.9 Å². The van der Waals surface area contributed by atoms with E-state index in [4.69, 9.17) is 10.5 Å². The number of imidazole rings is 1. The summed E-state index contributed by atoms with van der Waals surface area (Å²) in [4.78, 5) is 23.3. The lowest BCUT2D eigenvalue weighted by atomic mass is 9.73. The number of nitrogens with zero attached hydrogens (tertiary/aromatic N) is 3. The number of benzene rings is 2. The van der Waals surface area contributed by atoms with Crippen LogP contribution in [0.1, 0.15) is 18.4 Å². The van der Waals surface area contributed by atoms with Gasteiger partial charge in [0.05, 0.1) is 22.6 Å². The van der Waals surface area contributed by atoms with E-state index in [2.05, 4.69) is 34.2 Å². The van der Waals surface area contributed by atoms with Crippen LogP contribution in [0.2, 0.25) is 0 Å². The van der Waals surface area contributed by atoms with Crippen LogP contribution in [0.15, 0.2) is 70.8 Å². The Labute approximate surface area is 172 Å². The molecule has 0 atom stereocenters. The highest BCUT2D eigenvalue weighted by Gasteiger charge is 2.40. The fraction of sp³-hybridized carbons (Fsp3) is 0.227. The topological polar surface area (TPSA) is 82.5 Å². The van der Waals surface area contributed by atoms with Gasteiger partial charge >= 0.3 is 0 Å². The van der Waals surface area contributed by atoms with E-state index in [1.807, 2.05) is 28.8 Å². The summed E-state index contributed by atoms with van der Waals surface area (Å²) < 4.78 is 7.50. The molecule has 2 aromatic heterocycles. The first kappa shape index (κ1) is 18.1. The minimum Gasteiger partial charge on any atom is -0.381 e. The molecule has 2 N–H and O–H groups in total. The Morgan fingerprint density at radius 2 is 1.93 bits per heavy atom. The standard InChI is InChI=1S/C22H20N4O2S/c23-21(27)22(6-10-28-11-7-22)15-2-1-3-16(12-15)29-17-4-5-18-19(13-17)26-9-8-24-20(26)14-25-18/h1-5,8-9,12-14H,6-7,10-11H2,(H2,23,27). The minimum atomic E-state index is -0.648. The van der Waals surface area contributed by atoms with Crippen molar-refractivity contribution >= 4 is 34.3 Å². The highest BCUT2D eigenvalue weighted by Crippen LogP contribution is 2.38. The van der Waals surface area contributed by atoms with Gasteiger partial charge in [0.15, 0.2) is 5.65 Å². The van der Waals surface area contributed by atoms with Crippen molar-refractivity contribution in [3.63, 3.8) is 0 Å². The molecule has 1 saturated heterocycles. The average Bonchev–Trinajstić information content (AvgIpc) is 3.24. The fourth-order valence-electron chi connectivity index (χ4n) is 4.00. The smallest absolute Gasteiger partial charge is 0.228 e. The van der Waals surface area contributed by atoms with E-state index in [1.54, 1.807) is 24.2 Å². The zero-order chi connectivity index (χ0) is 19.8. The summed E-state index contributed by atoms with van der Waals surface area (Å²) in [5.41, 5.74) is 8.90. The molecule has 1 amide bonds. The number of nitrogens with two attached hydrogens (primary N) is 1. The summed E-state index contributed by atoms with van der Waals surface area (Å²) in [6, 6.07) is 14.3. The van der Waals surface area contributed by atoms with E-state index in [9.17, 15) is 4.79 Å². The molecular weight excluding hydrogens is 384 g/mol. The maximum Gasteiger partial charge on any atom is 0.228 e. The first-order chi connectivity index (χ1) is 14.2. The largest absolute Gasteiger partial charge is 0.381 e. The number of fused-ring (bicyclic) bond motifs is 3. The Morgan fingerprint density at radius 3 is 2.76 bits per heavy atom. The van der Waals surface area contributed by atoms with Gasteiger partial charge in [-0.15, -0.1) is 0 Å². The molecule has 0 unspecified atom stereocenters. The lowest BCUT2D eigenvalue weighted by molar-refractivity contribution is -0.127. The molecule has 0 radical (unpaired) electrons. The second kappa shape index (κ2) is 7.17. The van der Waals surface area contributed by atoms with Crippen molar-refractivity contribution in [2.45, 2.75) is 28.0 Å². The molecule has 0 saturated carbocycles. The number of carbonyl (C=O) groups is 1. The molecule has 0 bridgehead atoms. The molecule has 3 heterocycles. The highest BCUT2D eigenvalue weighted by molar-refractivity contribution is 7.99. The number of carbonyl (C=O) groups excluding carboxylic acids is 1. The maximum atomic E-state index is 12.3. The molecule has 1 fully saturated rings. The van der Waals surface area contributed by atoms with Gasteiger partial charge in [0.2, 0.25) is 5.91 Å². The molecule has 0 spiro atoms. The molecule has 4 aromatic rings. The molecule has 146 valence electrons. The number of primary amides is 1. The van der Waals surface area contributed by atoms with Crippen LogP contribution in [-0.2, 0) is 14.9 Å². The molecule has 6 nitrogen and oxygen atoms in total. The van der Waals surface area contributed by atoms with Gasteiger partial charge in [-0.25, -0.2) is 4.98 Å². The van der Waals surface area contributed by atoms with Crippen molar-refractivity contribution in [1.29, 1.82) is 0 Å². The van der Waals surface area contributed by atoms with Crippen molar-refractivity contribution in [1.82, 2.24) is 14.4 Å². The minimum absolute atomic E-state index is 0.276. The Hall–Kier alpha value is -2.90. The normalized spacial score (nSPS) is 16.3. The highest BCUT2D eigenvalue weighted by atomic mass is 32.2. The summed E-state index contributed by atoms with van der Waals surface area (Å²) >= 11 is 1.66. The summed E-state index contributed by atoms with van der Waals surface area (Å²) in [5, 5.41) is 0. The number of hydrogen-bond donors (Lipinski definition) is 1. The first-order valence-corrected chi connectivity index (χ1v) is 10.4. The lowest BCUT2D eigenvalue weighted by Crippen LogP contribution is -2.45. The Kier molecular flexibility index (Phi) is 4.49. The monoisotopic (exact) mass is 404 g/mol. The van der Waals surface area contributed by atoms with Crippen LogP contribution in [0.25, 0.3) is 16.7 Å². The van der Waals surface area contributed by atoms with Crippen molar-refractivity contribution < 1.29 is 9.53 Å². The number of rotatable bonds is 4. The van der Waals surface area contributed by atoms with Gasteiger partial charge in [0.1, 0.15) is 0 Å². The lowest BCUT2D eigenvalue weighted by Gasteiger charge is -2.34. The zero-order valence-corrected chi connectivity index (χ0v) is 16.6. The van der Waals surface area contributed by atoms with E-state index in [1.165, 1.54) is 0 Å². The van der Waals surface area contributed by atoms with E-state index in [0.717, 1.165) is 32.0 Å². The van der Waals surface area contributed by atoms with Gasteiger partial charge in [0, 0.05) is 35.4 Å².